The minimum absolute atomic E-state index is 0.0178. The van der Waals surface area contributed by atoms with Crippen LogP contribution in [0.3, 0.4) is 0 Å². The van der Waals surface area contributed by atoms with Crippen LogP contribution in [0.15, 0.2) is 0 Å². The minimum atomic E-state index is -0.543. The number of hydrogen-bond acceptors (Lipinski definition) is 4. The number of nitrogens with zero attached hydrogens (tertiary/aromatic N) is 2. The standard InChI is InChI=1S/C14H22N2O4/c1-8(2)12-13(18)16-10(5-6-11(16)9(3)17)7-15(12)14(19)20-4/h8,10-12H,5-7H2,1-4H3. The summed E-state index contributed by atoms with van der Waals surface area (Å²) in [5.74, 6) is -0.120. The van der Waals surface area contributed by atoms with E-state index in [1.54, 1.807) is 4.90 Å². The fourth-order valence-corrected chi connectivity index (χ4v) is 3.37. The lowest BCUT2D eigenvalue weighted by atomic mass is 9.96. The molecule has 3 atom stereocenters. The summed E-state index contributed by atoms with van der Waals surface area (Å²) in [6.45, 7) is 5.78. The van der Waals surface area contributed by atoms with E-state index in [-0.39, 0.29) is 29.7 Å². The molecule has 2 aliphatic heterocycles. The second-order valence-corrected chi connectivity index (χ2v) is 5.91. The molecule has 2 rings (SSSR count). The number of Topliss-reactive ketones (excluding diaryl/α,β-unsaturated/α-hetero) is 1. The normalized spacial score (nSPS) is 29.6. The van der Waals surface area contributed by atoms with Crippen LogP contribution >= 0.6 is 0 Å². The van der Waals surface area contributed by atoms with Crippen molar-refractivity contribution < 1.29 is 19.1 Å². The molecule has 2 amide bonds. The zero-order chi connectivity index (χ0) is 15.0. The number of ketones is 1. The molecular formula is C14H22N2O4. The fraction of sp³-hybridized carbons (Fsp3) is 0.786. The molecule has 112 valence electrons. The molecule has 0 aromatic rings. The quantitative estimate of drug-likeness (QED) is 0.759. The number of amides is 2. The predicted octanol–water partition coefficient (Wildman–Crippen LogP) is 1.04. The first-order chi connectivity index (χ1) is 9.38. The summed E-state index contributed by atoms with van der Waals surface area (Å²) >= 11 is 0. The second-order valence-electron chi connectivity index (χ2n) is 5.91. The highest BCUT2D eigenvalue weighted by molar-refractivity contribution is 5.93. The molecule has 2 saturated heterocycles. The molecule has 0 N–H and O–H groups in total. The van der Waals surface area contributed by atoms with Gasteiger partial charge in [-0.2, -0.15) is 0 Å². The first kappa shape index (κ1) is 14.8. The van der Waals surface area contributed by atoms with Crippen LogP contribution < -0.4 is 0 Å². The van der Waals surface area contributed by atoms with Gasteiger partial charge in [-0.15, -0.1) is 0 Å². The summed E-state index contributed by atoms with van der Waals surface area (Å²) < 4.78 is 4.79. The van der Waals surface area contributed by atoms with Gasteiger partial charge in [0.2, 0.25) is 5.91 Å². The van der Waals surface area contributed by atoms with Crippen molar-refractivity contribution in [3.8, 4) is 0 Å². The molecule has 0 aromatic heterocycles. The molecule has 0 saturated carbocycles. The highest BCUT2D eigenvalue weighted by Crippen LogP contribution is 2.33. The maximum Gasteiger partial charge on any atom is 0.410 e. The van der Waals surface area contributed by atoms with Gasteiger partial charge in [0.1, 0.15) is 6.04 Å². The Kier molecular flexibility index (Phi) is 4.01. The zero-order valence-corrected chi connectivity index (χ0v) is 12.5. The lowest BCUT2D eigenvalue weighted by Crippen LogP contribution is -2.64. The van der Waals surface area contributed by atoms with Crippen molar-refractivity contribution in [2.24, 2.45) is 5.92 Å². The first-order valence-corrected chi connectivity index (χ1v) is 7.05. The molecule has 0 spiro atoms. The third-order valence-corrected chi connectivity index (χ3v) is 4.26. The van der Waals surface area contributed by atoms with Gasteiger partial charge in [-0.25, -0.2) is 4.79 Å². The van der Waals surface area contributed by atoms with E-state index in [1.807, 2.05) is 13.8 Å². The first-order valence-electron chi connectivity index (χ1n) is 7.05. The van der Waals surface area contributed by atoms with E-state index >= 15 is 0 Å². The van der Waals surface area contributed by atoms with Crippen LogP contribution in [-0.4, -0.2) is 59.4 Å². The number of carbonyl (C=O) groups is 3. The van der Waals surface area contributed by atoms with Crippen molar-refractivity contribution in [2.45, 2.75) is 51.7 Å². The van der Waals surface area contributed by atoms with E-state index in [4.69, 9.17) is 4.74 Å². The van der Waals surface area contributed by atoms with E-state index in [1.165, 1.54) is 18.9 Å². The van der Waals surface area contributed by atoms with Crippen molar-refractivity contribution in [1.29, 1.82) is 0 Å². The molecule has 2 aliphatic rings. The Morgan fingerprint density at radius 3 is 2.45 bits per heavy atom. The van der Waals surface area contributed by atoms with Crippen molar-refractivity contribution in [3.05, 3.63) is 0 Å². The number of methoxy groups -OCH3 is 1. The summed E-state index contributed by atoms with van der Waals surface area (Å²) in [4.78, 5) is 39.5. The van der Waals surface area contributed by atoms with Crippen LogP contribution in [0.1, 0.15) is 33.6 Å². The van der Waals surface area contributed by atoms with Gasteiger partial charge in [0, 0.05) is 6.54 Å². The van der Waals surface area contributed by atoms with Crippen molar-refractivity contribution >= 4 is 17.8 Å². The zero-order valence-electron chi connectivity index (χ0n) is 12.5. The van der Waals surface area contributed by atoms with Crippen LogP contribution in [0, 0.1) is 5.92 Å². The van der Waals surface area contributed by atoms with Gasteiger partial charge in [0.15, 0.2) is 5.78 Å². The van der Waals surface area contributed by atoms with Gasteiger partial charge in [-0.3, -0.25) is 14.5 Å². The maximum absolute atomic E-state index is 12.7. The number of hydrogen-bond donors (Lipinski definition) is 0. The summed E-state index contributed by atoms with van der Waals surface area (Å²) in [7, 11) is 1.32. The Balaban J connectivity index is 2.31. The van der Waals surface area contributed by atoms with E-state index < -0.39 is 12.1 Å². The Hall–Kier alpha value is -1.59. The summed E-state index contributed by atoms with van der Waals surface area (Å²) in [6, 6.07) is -0.933. The Morgan fingerprint density at radius 1 is 1.30 bits per heavy atom. The number of carbonyl (C=O) groups excluding carboxylic acids is 3. The molecule has 3 unspecified atom stereocenters. The summed E-state index contributed by atoms with van der Waals surface area (Å²) in [5.41, 5.74) is 0. The highest BCUT2D eigenvalue weighted by Gasteiger charge is 2.50. The summed E-state index contributed by atoms with van der Waals surface area (Å²) in [6.07, 6.45) is 0.975. The second kappa shape index (κ2) is 5.42. The maximum atomic E-state index is 12.7. The number of fused-ring (bicyclic) bond motifs is 1. The molecule has 0 radical (unpaired) electrons. The topological polar surface area (TPSA) is 66.9 Å². The summed E-state index contributed by atoms with van der Waals surface area (Å²) in [5, 5.41) is 0. The Bertz CT molecular complexity index is 435. The predicted molar refractivity (Wildman–Crippen MR) is 72.1 cm³/mol. The lowest BCUT2D eigenvalue weighted by Gasteiger charge is -2.45. The largest absolute Gasteiger partial charge is 0.453 e. The molecule has 2 heterocycles. The smallest absolute Gasteiger partial charge is 0.410 e. The van der Waals surface area contributed by atoms with Crippen LogP contribution in [-0.2, 0) is 14.3 Å². The van der Waals surface area contributed by atoms with Crippen molar-refractivity contribution in [1.82, 2.24) is 9.80 Å². The van der Waals surface area contributed by atoms with Crippen LogP contribution in [0.25, 0.3) is 0 Å². The minimum Gasteiger partial charge on any atom is -0.453 e. The molecule has 0 aliphatic carbocycles. The Morgan fingerprint density at radius 2 is 1.95 bits per heavy atom. The average Bonchev–Trinajstić information content (AvgIpc) is 2.81. The molecule has 2 fully saturated rings. The van der Waals surface area contributed by atoms with E-state index in [2.05, 4.69) is 0 Å². The van der Waals surface area contributed by atoms with Crippen LogP contribution in [0.4, 0.5) is 4.79 Å². The van der Waals surface area contributed by atoms with Gasteiger partial charge in [0.05, 0.1) is 19.2 Å². The number of piperazine rings is 1. The molecule has 20 heavy (non-hydrogen) atoms. The highest BCUT2D eigenvalue weighted by atomic mass is 16.5. The third-order valence-electron chi connectivity index (χ3n) is 4.26. The molecule has 6 nitrogen and oxygen atoms in total. The van der Waals surface area contributed by atoms with Crippen LogP contribution in [0.2, 0.25) is 0 Å². The van der Waals surface area contributed by atoms with Gasteiger partial charge < -0.3 is 9.64 Å². The lowest BCUT2D eigenvalue weighted by molar-refractivity contribution is -0.150. The molecular weight excluding hydrogens is 260 g/mol. The van der Waals surface area contributed by atoms with E-state index in [9.17, 15) is 14.4 Å². The van der Waals surface area contributed by atoms with Gasteiger partial charge in [-0.05, 0) is 25.7 Å². The van der Waals surface area contributed by atoms with Gasteiger partial charge in [-0.1, -0.05) is 13.8 Å². The third kappa shape index (κ3) is 2.27. The number of rotatable bonds is 2. The molecule has 0 bridgehead atoms. The van der Waals surface area contributed by atoms with Crippen LogP contribution in [0.5, 0.6) is 0 Å². The van der Waals surface area contributed by atoms with E-state index in [0.29, 0.717) is 13.0 Å². The van der Waals surface area contributed by atoms with Crippen molar-refractivity contribution in [2.75, 3.05) is 13.7 Å². The average molecular weight is 282 g/mol. The monoisotopic (exact) mass is 282 g/mol. The Labute approximate surface area is 119 Å². The van der Waals surface area contributed by atoms with Gasteiger partial charge >= 0.3 is 6.09 Å². The van der Waals surface area contributed by atoms with Crippen molar-refractivity contribution in [3.63, 3.8) is 0 Å². The van der Waals surface area contributed by atoms with Gasteiger partial charge in [0.25, 0.3) is 0 Å². The van der Waals surface area contributed by atoms with E-state index in [0.717, 1.165) is 6.42 Å². The molecule has 6 heteroatoms. The SMILES string of the molecule is COC(=O)N1CC2CCC(C(C)=O)N2C(=O)C1C(C)C. The number of ether oxygens (including phenoxy) is 1. The fourth-order valence-electron chi connectivity index (χ4n) is 3.37. The molecule has 0 aromatic carbocycles.